The van der Waals surface area contributed by atoms with Crippen LogP contribution in [0.3, 0.4) is 0 Å². The second-order valence-corrected chi connectivity index (χ2v) is 6.17. The first-order valence-corrected chi connectivity index (χ1v) is 7.92. The van der Waals surface area contributed by atoms with Crippen LogP contribution in [0.15, 0.2) is 6.20 Å². The maximum atomic E-state index is 12.3. The highest BCUT2D eigenvalue weighted by atomic mass is 16.2. The molecule has 0 bridgehead atoms. The zero-order chi connectivity index (χ0) is 16.4. The van der Waals surface area contributed by atoms with Crippen molar-refractivity contribution in [3.63, 3.8) is 0 Å². The number of amides is 1. The van der Waals surface area contributed by atoms with Gasteiger partial charge in [0.15, 0.2) is 5.82 Å². The number of aromatic nitrogens is 5. The van der Waals surface area contributed by atoms with Gasteiger partial charge in [0.25, 0.3) is 0 Å². The molecule has 2 aromatic rings. The quantitative estimate of drug-likeness (QED) is 0.877. The number of nitrogens with one attached hydrogen (secondary N) is 2. The number of hydrogen-bond acceptors (Lipinski definition) is 5. The number of anilines is 1. The van der Waals surface area contributed by atoms with Gasteiger partial charge in [-0.1, -0.05) is 0 Å². The SMILES string of the molecule is Cc1nc([C@H]2CCCN(CC(=O)Nc3cnn(C)c3C)C2)n[nH]1. The normalized spacial score (nSPS) is 19.0. The standard InChI is InChI=1S/C15H23N7O/c1-10-13(7-16-21(10)3)18-14(23)9-22-6-4-5-12(8-22)15-17-11(2)19-20-15/h7,12H,4-6,8-9H2,1-3H3,(H,18,23)(H,17,19,20)/t12-/m0/s1. The summed E-state index contributed by atoms with van der Waals surface area (Å²) in [4.78, 5) is 18.9. The molecule has 1 amide bonds. The summed E-state index contributed by atoms with van der Waals surface area (Å²) >= 11 is 0. The summed E-state index contributed by atoms with van der Waals surface area (Å²) in [6.45, 7) is 5.97. The number of hydrogen-bond donors (Lipinski definition) is 2. The lowest BCUT2D eigenvalue weighted by atomic mass is 9.97. The summed E-state index contributed by atoms with van der Waals surface area (Å²) in [6, 6.07) is 0. The Bertz CT molecular complexity index is 690. The van der Waals surface area contributed by atoms with Gasteiger partial charge in [-0.2, -0.15) is 10.2 Å². The van der Waals surface area contributed by atoms with Crippen LogP contribution in [0.1, 0.15) is 36.1 Å². The molecule has 1 atom stereocenters. The Kier molecular flexibility index (Phi) is 4.42. The van der Waals surface area contributed by atoms with E-state index in [0.29, 0.717) is 12.5 Å². The van der Waals surface area contributed by atoms with Gasteiger partial charge >= 0.3 is 0 Å². The molecular formula is C15H23N7O. The minimum atomic E-state index is -0.00656. The zero-order valence-electron chi connectivity index (χ0n) is 13.8. The number of likely N-dealkylation sites (tertiary alicyclic amines) is 1. The van der Waals surface area contributed by atoms with Gasteiger partial charge in [0.1, 0.15) is 5.82 Å². The van der Waals surface area contributed by atoms with Crippen LogP contribution in [-0.2, 0) is 11.8 Å². The fourth-order valence-corrected chi connectivity index (χ4v) is 2.97. The molecule has 3 heterocycles. The molecule has 1 fully saturated rings. The number of carbonyl (C=O) groups excluding carboxylic acids is 1. The van der Waals surface area contributed by atoms with Crippen molar-refractivity contribution in [1.82, 2.24) is 29.9 Å². The lowest BCUT2D eigenvalue weighted by molar-refractivity contribution is -0.117. The largest absolute Gasteiger partial charge is 0.322 e. The molecule has 0 radical (unpaired) electrons. The van der Waals surface area contributed by atoms with Gasteiger partial charge in [0, 0.05) is 19.5 Å². The Balaban J connectivity index is 1.57. The van der Waals surface area contributed by atoms with Crippen LogP contribution in [0, 0.1) is 13.8 Å². The molecular weight excluding hydrogens is 294 g/mol. The van der Waals surface area contributed by atoms with Crippen molar-refractivity contribution in [3.05, 3.63) is 23.5 Å². The number of rotatable bonds is 4. The molecule has 1 saturated heterocycles. The number of aromatic amines is 1. The minimum absolute atomic E-state index is 0.00656. The molecule has 0 aliphatic carbocycles. The number of piperidine rings is 1. The maximum Gasteiger partial charge on any atom is 0.238 e. The smallest absolute Gasteiger partial charge is 0.238 e. The predicted molar refractivity (Wildman–Crippen MR) is 86.1 cm³/mol. The van der Waals surface area contributed by atoms with Gasteiger partial charge in [-0.15, -0.1) is 0 Å². The van der Waals surface area contributed by atoms with Crippen LogP contribution in [0.2, 0.25) is 0 Å². The van der Waals surface area contributed by atoms with Crippen molar-refractivity contribution in [2.75, 3.05) is 25.0 Å². The summed E-state index contributed by atoms with van der Waals surface area (Å²) < 4.78 is 1.75. The van der Waals surface area contributed by atoms with Gasteiger partial charge in [0.05, 0.1) is 24.1 Å². The Morgan fingerprint density at radius 3 is 2.96 bits per heavy atom. The minimum Gasteiger partial charge on any atom is -0.322 e. The lowest BCUT2D eigenvalue weighted by Gasteiger charge is -2.30. The van der Waals surface area contributed by atoms with Crippen LogP contribution in [-0.4, -0.2) is 55.4 Å². The van der Waals surface area contributed by atoms with Gasteiger partial charge in [0.2, 0.25) is 5.91 Å². The number of H-pyrrole nitrogens is 1. The Morgan fingerprint density at radius 1 is 1.48 bits per heavy atom. The highest BCUT2D eigenvalue weighted by Gasteiger charge is 2.25. The van der Waals surface area contributed by atoms with E-state index in [9.17, 15) is 4.79 Å². The van der Waals surface area contributed by atoms with Crippen LogP contribution < -0.4 is 5.32 Å². The molecule has 23 heavy (non-hydrogen) atoms. The van der Waals surface area contributed by atoms with Crippen LogP contribution in [0.5, 0.6) is 0 Å². The van der Waals surface area contributed by atoms with Crippen molar-refractivity contribution in [2.45, 2.75) is 32.6 Å². The first-order valence-electron chi connectivity index (χ1n) is 7.92. The fourth-order valence-electron chi connectivity index (χ4n) is 2.97. The van der Waals surface area contributed by atoms with Crippen molar-refractivity contribution < 1.29 is 4.79 Å². The predicted octanol–water partition coefficient (Wildman–Crippen LogP) is 0.973. The Hall–Kier alpha value is -2.22. The van der Waals surface area contributed by atoms with E-state index in [2.05, 4.69) is 30.5 Å². The van der Waals surface area contributed by atoms with E-state index in [1.807, 2.05) is 20.9 Å². The summed E-state index contributed by atoms with van der Waals surface area (Å²) in [5, 5.41) is 14.2. The number of nitrogens with zero attached hydrogens (tertiary/aromatic N) is 5. The molecule has 0 saturated carbocycles. The number of aryl methyl sites for hydroxylation is 2. The monoisotopic (exact) mass is 317 g/mol. The third-order valence-corrected chi connectivity index (χ3v) is 4.36. The average Bonchev–Trinajstić information content (AvgIpc) is 3.09. The van der Waals surface area contributed by atoms with E-state index < -0.39 is 0 Å². The summed E-state index contributed by atoms with van der Waals surface area (Å²) in [5.41, 5.74) is 1.72. The molecule has 124 valence electrons. The van der Waals surface area contributed by atoms with Crippen molar-refractivity contribution in [1.29, 1.82) is 0 Å². The first-order chi connectivity index (χ1) is 11.0. The molecule has 0 aromatic carbocycles. The van der Waals surface area contributed by atoms with Crippen molar-refractivity contribution in [2.24, 2.45) is 7.05 Å². The van der Waals surface area contributed by atoms with Crippen molar-refractivity contribution in [3.8, 4) is 0 Å². The van der Waals surface area contributed by atoms with E-state index in [4.69, 9.17) is 0 Å². The third-order valence-electron chi connectivity index (χ3n) is 4.36. The Labute approximate surface area is 135 Å². The molecule has 0 unspecified atom stereocenters. The fraction of sp³-hybridized carbons (Fsp3) is 0.600. The molecule has 0 spiro atoms. The molecule has 1 aliphatic heterocycles. The molecule has 2 aromatic heterocycles. The number of carbonyl (C=O) groups is 1. The maximum absolute atomic E-state index is 12.3. The highest BCUT2D eigenvalue weighted by Crippen LogP contribution is 2.24. The van der Waals surface area contributed by atoms with Crippen LogP contribution in [0.4, 0.5) is 5.69 Å². The second kappa shape index (κ2) is 6.49. The van der Waals surface area contributed by atoms with Gasteiger partial charge < -0.3 is 5.32 Å². The van der Waals surface area contributed by atoms with E-state index in [-0.39, 0.29) is 5.91 Å². The lowest BCUT2D eigenvalue weighted by Crippen LogP contribution is -2.40. The zero-order valence-corrected chi connectivity index (χ0v) is 13.8. The first kappa shape index (κ1) is 15.7. The summed E-state index contributed by atoms with van der Waals surface area (Å²) in [6.07, 6.45) is 3.80. The van der Waals surface area contributed by atoms with Crippen LogP contribution >= 0.6 is 0 Å². The Morgan fingerprint density at radius 2 is 2.30 bits per heavy atom. The molecule has 2 N–H and O–H groups in total. The van der Waals surface area contributed by atoms with Gasteiger partial charge in [-0.05, 0) is 33.2 Å². The summed E-state index contributed by atoms with van der Waals surface area (Å²) in [7, 11) is 1.86. The van der Waals surface area contributed by atoms with Crippen LogP contribution in [0.25, 0.3) is 0 Å². The van der Waals surface area contributed by atoms with E-state index in [1.54, 1.807) is 10.9 Å². The second-order valence-electron chi connectivity index (χ2n) is 6.17. The molecule has 8 nitrogen and oxygen atoms in total. The molecule has 1 aliphatic rings. The third kappa shape index (κ3) is 3.58. The molecule has 8 heteroatoms. The summed E-state index contributed by atoms with van der Waals surface area (Å²) in [5.74, 6) is 1.98. The highest BCUT2D eigenvalue weighted by molar-refractivity contribution is 5.92. The van der Waals surface area contributed by atoms with E-state index in [1.165, 1.54) is 0 Å². The van der Waals surface area contributed by atoms with E-state index >= 15 is 0 Å². The van der Waals surface area contributed by atoms with Crippen molar-refractivity contribution >= 4 is 11.6 Å². The molecule has 3 rings (SSSR count). The van der Waals surface area contributed by atoms with E-state index in [0.717, 1.165) is 49.0 Å². The van der Waals surface area contributed by atoms with Gasteiger partial charge in [-0.25, -0.2) is 4.98 Å². The average molecular weight is 317 g/mol. The van der Waals surface area contributed by atoms with Gasteiger partial charge in [-0.3, -0.25) is 19.5 Å². The topological polar surface area (TPSA) is 91.7 Å².